The highest BCUT2D eigenvalue weighted by Crippen LogP contribution is 2.33. The maximum absolute atomic E-state index is 4.67. The van der Waals surface area contributed by atoms with Gasteiger partial charge in [-0.2, -0.15) is 0 Å². The lowest BCUT2D eigenvalue weighted by Crippen LogP contribution is -1.91. The molecule has 2 heteroatoms. The van der Waals surface area contributed by atoms with E-state index in [-0.39, 0.29) is 0 Å². The van der Waals surface area contributed by atoms with E-state index in [1.807, 2.05) is 11.3 Å². The summed E-state index contributed by atoms with van der Waals surface area (Å²) in [6.07, 6.45) is 0. The Kier molecular flexibility index (Phi) is 2.11. The van der Waals surface area contributed by atoms with Crippen molar-refractivity contribution in [3.05, 3.63) is 27.3 Å². The molecule has 0 atom stereocenters. The third-order valence-electron chi connectivity index (χ3n) is 3.08. The maximum atomic E-state index is 4.67. The van der Waals surface area contributed by atoms with Crippen molar-refractivity contribution in [3.8, 4) is 0 Å². The van der Waals surface area contributed by atoms with Crippen LogP contribution in [-0.2, 0) is 0 Å². The number of rotatable bonds is 0. The molecule has 2 aromatic heterocycles. The van der Waals surface area contributed by atoms with Gasteiger partial charge in [0.2, 0.25) is 0 Å². The zero-order valence-corrected chi connectivity index (χ0v) is 10.2. The Morgan fingerprint density at radius 2 is 1.50 bits per heavy atom. The van der Waals surface area contributed by atoms with E-state index in [4.69, 9.17) is 0 Å². The highest BCUT2D eigenvalue weighted by atomic mass is 32.1. The zero-order valence-electron chi connectivity index (χ0n) is 9.36. The number of aromatic nitrogens is 1. The topological polar surface area (TPSA) is 12.9 Å². The fourth-order valence-corrected chi connectivity index (χ4v) is 2.85. The first-order valence-corrected chi connectivity index (χ1v) is 5.67. The first-order valence-electron chi connectivity index (χ1n) is 4.86. The number of hydrogen-bond acceptors (Lipinski definition) is 2. The van der Waals surface area contributed by atoms with Crippen molar-refractivity contribution >= 4 is 21.6 Å². The Morgan fingerprint density at radius 1 is 0.857 bits per heavy atom. The van der Waals surface area contributed by atoms with E-state index in [1.165, 1.54) is 31.8 Å². The molecule has 74 valence electrons. The normalized spacial score (nSPS) is 11.2. The molecule has 2 heterocycles. The van der Waals surface area contributed by atoms with Crippen LogP contribution in [0.1, 0.15) is 27.3 Å². The highest BCUT2D eigenvalue weighted by molar-refractivity contribution is 7.19. The van der Waals surface area contributed by atoms with Crippen molar-refractivity contribution in [2.75, 3.05) is 0 Å². The van der Waals surface area contributed by atoms with Crippen LogP contribution in [0.15, 0.2) is 0 Å². The average molecular weight is 205 g/mol. The number of aryl methyl sites for hydroxylation is 4. The van der Waals surface area contributed by atoms with Gasteiger partial charge in [-0.3, -0.25) is 4.98 Å². The van der Waals surface area contributed by atoms with Gasteiger partial charge in [0, 0.05) is 10.6 Å². The molecule has 2 rings (SSSR count). The largest absolute Gasteiger partial charge is 0.252 e. The summed E-state index contributed by atoms with van der Waals surface area (Å²) in [4.78, 5) is 6.06. The van der Waals surface area contributed by atoms with Crippen LogP contribution in [0, 0.1) is 34.6 Å². The molecule has 0 fully saturated rings. The summed E-state index contributed by atoms with van der Waals surface area (Å²) in [6, 6.07) is 0. The number of hydrogen-bond donors (Lipinski definition) is 0. The predicted octanol–water partition coefficient (Wildman–Crippen LogP) is 3.84. The van der Waals surface area contributed by atoms with Crippen LogP contribution >= 0.6 is 11.3 Å². The predicted molar refractivity (Wildman–Crippen MR) is 63.3 cm³/mol. The van der Waals surface area contributed by atoms with Crippen molar-refractivity contribution in [3.63, 3.8) is 0 Å². The van der Waals surface area contributed by atoms with Crippen LogP contribution < -0.4 is 0 Å². The van der Waals surface area contributed by atoms with E-state index in [9.17, 15) is 0 Å². The quantitative estimate of drug-likeness (QED) is 0.637. The van der Waals surface area contributed by atoms with Gasteiger partial charge in [-0.25, -0.2) is 0 Å². The fraction of sp³-hybridized carbons (Fsp3) is 0.417. The van der Waals surface area contributed by atoms with Gasteiger partial charge >= 0.3 is 0 Å². The summed E-state index contributed by atoms with van der Waals surface area (Å²) >= 11 is 1.87. The number of pyridine rings is 1. The lowest BCUT2D eigenvalue weighted by molar-refractivity contribution is 1.17. The van der Waals surface area contributed by atoms with Crippen LogP contribution in [0.2, 0.25) is 0 Å². The smallest absolute Gasteiger partial charge is 0.0847 e. The summed E-state index contributed by atoms with van der Waals surface area (Å²) < 4.78 is 1.36. The molecule has 1 nitrogen and oxygen atoms in total. The Balaban J connectivity index is 2.98. The number of fused-ring (bicyclic) bond motifs is 1. The molecule has 0 aliphatic rings. The Hall–Kier alpha value is -0.890. The van der Waals surface area contributed by atoms with Crippen LogP contribution in [-0.4, -0.2) is 4.98 Å². The van der Waals surface area contributed by atoms with E-state index in [1.54, 1.807) is 0 Å². The van der Waals surface area contributed by atoms with Crippen molar-refractivity contribution in [2.45, 2.75) is 34.6 Å². The average Bonchev–Trinajstić information content (AvgIpc) is 2.42. The van der Waals surface area contributed by atoms with Crippen LogP contribution in [0.25, 0.3) is 10.2 Å². The lowest BCUT2D eigenvalue weighted by Gasteiger charge is -2.04. The first kappa shape index (κ1) is 9.66. The second-order valence-electron chi connectivity index (χ2n) is 3.91. The van der Waals surface area contributed by atoms with Crippen LogP contribution in [0.4, 0.5) is 0 Å². The monoisotopic (exact) mass is 205 g/mol. The minimum Gasteiger partial charge on any atom is -0.252 e. The molecule has 0 unspecified atom stereocenters. The number of thiophene rings is 1. The standard InChI is InChI=1S/C12H15NS/c1-6-7(2)12-11(13-9(6)4)8(3)10(5)14-12/h1-5H3. The summed E-state index contributed by atoms with van der Waals surface area (Å²) in [5, 5.41) is 0. The molecule has 0 N–H and O–H groups in total. The van der Waals surface area contributed by atoms with Crippen molar-refractivity contribution in [2.24, 2.45) is 0 Å². The third kappa shape index (κ3) is 1.17. The summed E-state index contributed by atoms with van der Waals surface area (Å²) in [7, 11) is 0. The minimum absolute atomic E-state index is 1.16. The molecule has 0 radical (unpaired) electrons. The molecule has 0 spiro atoms. The fourth-order valence-electron chi connectivity index (χ4n) is 1.70. The van der Waals surface area contributed by atoms with Crippen LogP contribution in [0.3, 0.4) is 0 Å². The lowest BCUT2D eigenvalue weighted by atomic mass is 10.1. The number of nitrogens with zero attached hydrogens (tertiary/aromatic N) is 1. The van der Waals surface area contributed by atoms with Gasteiger partial charge in [-0.1, -0.05) is 0 Å². The van der Waals surface area contributed by atoms with Gasteiger partial charge in [-0.05, 0) is 51.3 Å². The summed E-state index contributed by atoms with van der Waals surface area (Å²) in [6.45, 7) is 10.8. The van der Waals surface area contributed by atoms with Crippen LogP contribution in [0.5, 0.6) is 0 Å². The van der Waals surface area contributed by atoms with Crippen molar-refractivity contribution in [1.29, 1.82) is 0 Å². The summed E-state index contributed by atoms with van der Waals surface area (Å²) in [5.74, 6) is 0. The van der Waals surface area contributed by atoms with Gasteiger partial charge in [0.15, 0.2) is 0 Å². The van der Waals surface area contributed by atoms with Gasteiger partial charge in [0.05, 0.1) is 10.2 Å². The molecule has 0 aromatic carbocycles. The van der Waals surface area contributed by atoms with Gasteiger partial charge < -0.3 is 0 Å². The molecular weight excluding hydrogens is 190 g/mol. The molecule has 2 aromatic rings. The minimum atomic E-state index is 1.16. The van der Waals surface area contributed by atoms with E-state index in [0.29, 0.717) is 0 Å². The summed E-state index contributed by atoms with van der Waals surface area (Å²) in [5.41, 5.74) is 6.44. The molecular formula is C12H15NS. The van der Waals surface area contributed by atoms with Gasteiger partial charge in [-0.15, -0.1) is 11.3 Å². The van der Waals surface area contributed by atoms with E-state index in [2.05, 4.69) is 39.6 Å². The molecule has 0 saturated carbocycles. The van der Waals surface area contributed by atoms with Crippen molar-refractivity contribution < 1.29 is 0 Å². The second-order valence-corrected chi connectivity index (χ2v) is 5.13. The Morgan fingerprint density at radius 3 is 2.14 bits per heavy atom. The van der Waals surface area contributed by atoms with Gasteiger partial charge in [0.25, 0.3) is 0 Å². The van der Waals surface area contributed by atoms with E-state index in [0.717, 1.165) is 5.69 Å². The molecule has 0 saturated heterocycles. The molecule has 0 aliphatic carbocycles. The third-order valence-corrected chi connectivity index (χ3v) is 4.39. The molecule has 0 bridgehead atoms. The van der Waals surface area contributed by atoms with Gasteiger partial charge in [0.1, 0.15) is 0 Å². The highest BCUT2D eigenvalue weighted by Gasteiger charge is 2.11. The van der Waals surface area contributed by atoms with E-state index >= 15 is 0 Å². The first-order chi connectivity index (χ1) is 6.52. The maximum Gasteiger partial charge on any atom is 0.0847 e. The molecule has 0 aliphatic heterocycles. The molecule has 14 heavy (non-hydrogen) atoms. The van der Waals surface area contributed by atoms with Crippen molar-refractivity contribution in [1.82, 2.24) is 4.98 Å². The van der Waals surface area contributed by atoms with E-state index < -0.39 is 0 Å². The molecule has 0 amide bonds. The Labute approximate surface area is 88.8 Å². The SMILES string of the molecule is Cc1nc2c(C)c(C)sc2c(C)c1C. The second kappa shape index (κ2) is 3.06. The Bertz CT molecular complexity index is 509. The zero-order chi connectivity index (χ0) is 10.5.